The number of carbonyl (C=O) groups is 2. The second-order valence-electron chi connectivity index (χ2n) is 7.65. The van der Waals surface area contributed by atoms with E-state index >= 15 is 0 Å². The molecule has 2 amide bonds. The zero-order valence-electron chi connectivity index (χ0n) is 14.4. The van der Waals surface area contributed by atoms with Crippen LogP contribution < -0.4 is 5.32 Å². The van der Waals surface area contributed by atoms with Crippen molar-refractivity contribution in [3.63, 3.8) is 0 Å². The normalized spacial score (nSPS) is 28.8. The topological polar surface area (TPSA) is 58.6 Å². The summed E-state index contributed by atoms with van der Waals surface area (Å²) in [5, 5.41) is 2.81. The summed E-state index contributed by atoms with van der Waals surface area (Å²) in [5.74, 6) is 0.420. The SMILES string of the molecule is O=C1NC2(CO1)CC(C(=O)N1CCC(c3ccc(C(F)F)cc3)CC1)C2. The van der Waals surface area contributed by atoms with Crippen LogP contribution in [0.2, 0.25) is 0 Å². The Morgan fingerprint density at radius 1 is 1.19 bits per heavy atom. The molecule has 0 bridgehead atoms. The van der Waals surface area contributed by atoms with Crippen LogP contribution in [0.1, 0.15) is 49.2 Å². The molecule has 1 aliphatic carbocycles. The Balaban J connectivity index is 1.28. The summed E-state index contributed by atoms with van der Waals surface area (Å²) in [6.07, 6.45) is 0.146. The standard InChI is InChI=1S/C19H22F2N2O3/c20-16(21)14-3-1-12(2-4-14)13-5-7-23(8-6-13)17(24)15-9-19(10-15)11-26-18(25)22-19/h1-4,13,15-16H,5-11H2,(H,22,25). The van der Waals surface area contributed by atoms with Crippen LogP contribution in [0, 0.1) is 5.92 Å². The number of alkyl carbamates (subject to hydrolysis) is 1. The summed E-state index contributed by atoms with van der Waals surface area (Å²) in [6.45, 7) is 1.73. The van der Waals surface area contributed by atoms with E-state index < -0.39 is 12.5 Å². The Bertz CT molecular complexity index is 693. The number of ether oxygens (including phenoxy) is 1. The van der Waals surface area contributed by atoms with Crippen LogP contribution in [-0.4, -0.2) is 42.1 Å². The highest BCUT2D eigenvalue weighted by atomic mass is 19.3. The van der Waals surface area contributed by atoms with Crippen molar-refractivity contribution < 1.29 is 23.1 Å². The number of alkyl halides is 2. The third-order valence-electron chi connectivity index (χ3n) is 5.94. The van der Waals surface area contributed by atoms with E-state index in [-0.39, 0.29) is 22.9 Å². The number of likely N-dealkylation sites (tertiary alicyclic amines) is 1. The fourth-order valence-corrected chi connectivity index (χ4v) is 4.38. The van der Waals surface area contributed by atoms with E-state index in [2.05, 4.69) is 5.32 Å². The first-order valence-corrected chi connectivity index (χ1v) is 9.07. The van der Waals surface area contributed by atoms with Crippen LogP contribution in [0.3, 0.4) is 0 Å². The number of hydrogen-bond donors (Lipinski definition) is 1. The van der Waals surface area contributed by atoms with Crippen LogP contribution in [0.4, 0.5) is 13.6 Å². The predicted molar refractivity (Wildman–Crippen MR) is 89.9 cm³/mol. The van der Waals surface area contributed by atoms with E-state index in [1.54, 1.807) is 12.1 Å². The van der Waals surface area contributed by atoms with E-state index in [1.807, 2.05) is 4.90 Å². The highest BCUT2D eigenvalue weighted by molar-refractivity contribution is 5.81. The summed E-state index contributed by atoms with van der Waals surface area (Å²) in [7, 11) is 0. The van der Waals surface area contributed by atoms with Crippen LogP contribution in [0.5, 0.6) is 0 Å². The van der Waals surface area contributed by atoms with Crippen molar-refractivity contribution in [2.24, 2.45) is 5.92 Å². The molecule has 0 radical (unpaired) electrons. The lowest BCUT2D eigenvalue weighted by Gasteiger charge is -2.45. The van der Waals surface area contributed by atoms with Gasteiger partial charge >= 0.3 is 6.09 Å². The Hall–Kier alpha value is -2.18. The highest BCUT2D eigenvalue weighted by Crippen LogP contribution is 2.42. The number of cyclic esters (lactones) is 1. The third kappa shape index (κ3) is 3.15. The van der Waals surface area contributed by atoms with Gasteiger partial charge in [0, 0.05) is 24.6 Å². The second kappa shape index (κ2) is 6.52. The minimum absolute atomic E-state index is 0.0427. The van der Waals surface area contributed by atoms with Crippen molar-refractivity contribution in [2.75, 3.05) is 19.7 Å². The molecule has 1 aromatic carbocycles. The van der Waals surface area contributed by atoms with Gasteiger partial charge in [-0.2, -0.15) is 0 Å². The molecule has 0 aromatic heterocycles. The summed E-state index contributed by atoms with van der Waals surface area (Å²) in [5.41, 5.74) is 0.778. The van der Waals surface area contributed by atoms with E-state index in [1.165, 1.54) is 12.1 Å². The molecule has 1 spiro atoms. The maximum absolute atomic E-state index is 12.7. The van der Waals surface area contributed by atoms with E-state index in [0.29, 0.717) is 38.5 Å². The average Bonchev–Trinajstić information content (AvgIpc) is 3.02. The first kappa shape index (κ1) is 17.2. The van der Waals surface area contributed by atoms with E-state index in [4.69, 9.17) is 4.74 Å². The Labute approximate surface area is 150 Å². The molecule has 1 aromatic rings. The van der Waals surface area contributed by atoms with Crippen molar-refractivity contribution in [1.82, 2.24) is 10.2 Å². The zero-order chi connectivity index (χ0) is 18.3. The van der Waals surface area contributed by atoms with E-state index in [9.17, 15) is 18.4 Å². The molecule has 5 nitrogen and oxygen atoms in total. The number of rotatable bonds is 3. The molecular weight excluding hydrogens is 342 g/mol. The molecule has 3 fully saturated rings. The van der Waals surface area contributed by atoms with Crippen LogP contribution in [0.15, 0.2) is 24.3 Å². The number of hydrogen-bond acceptors (Lipinski definition) is 3. The second-order valence-corrected chi connectivity index (χ2v) is 7.65. The van der Waals surface area contributed by atoms with Gasteiger partial charge < -0.3 is 15.0 Å². The molecular formula is C19H22F2N2O3. The van der Waals surface area contributed by atoms with Crippen LogP contribution in [0.25, 0.3) is 0 Å². The smallest absolute Gasteiger partial charge is 0.407 e. The lowest BCUT2D eigenvalue weighted by atomic mass is 9.68. The van der Waals surface area contributed by atoms with Gasteiger partial charge in [0.2, 0.25) is 5.91 Å². The Morgan fingerprint density at radius 2 is 1.85 bits per heavy atom. The van der Waals surface area contributed by atoms with Crippen molar-refractivity contribution in [3.8, 4) is 0 Å². The van der Waals surface area contributed by atoms with Crippen molar-refractivity contribution >= 4 is 12.0 Å². The first-order valence-electron chi connectivity index (χ1n) is 9.07. The van der Waals surface area contributed by atoms with Gasteiger partial charge in [-0.3, -0.25) is 4.79 Å². The summed E-state index contributed by atoms with van der Waals surface area (Å²) in [4.78, 5) is 25.7. The minimum atomic E-state index is -2.44. The Morgan fingerprint density at radius 3 is 2.38 bits per heavy atom. The lowest BCUT2D eigenvalue weighted by Crippen LogP contribution is -2.58. The Kier molecular flexibility index (Phi) is 4.32. The summed E-state index contributed by atoms with van der Waals surface area (Å²) in [6, 6.07) is 6.54. The summed E-state index contributed by atoms with van der Waals surface area (Å²) < 4.78 is 30.3. The number of nitrogens with zero attached hydrogens (tertiary/aromatic N) is 1. The molecule has 2 aliphatic heterocycles. The van der Waals surface area contributed by atoms with Crippen LogP contribution in [-0.2, 0) is 9.53 Å². The molecule has 4 rings (SSSR count). The van der Waals surface area contributed by atoms with Crippen LogP contribution >= 0.6 is 0 Å². The predicted octanol–water partition coefficient (Wildman–Crippen LogP) is 3.22. The van der Waals surface area contributed by atoms with Gasteiger partial charge in [0.25, 0.3) is 6.43 Å². The molecule has 1 saturated carbocycles. The molecule has 3 aliphatic rings. The van der Waals surface area contributed by atoms with Gasteiger partial charge in [-0.1, -0.05) is 24.3 Å². The van der Waals surface area contributed by atoms with Gasteiger partial charge in [0.15, 0.2) is 0 Å². The van der Waals surface area contributed by atoms with Crippen molar-refractivity contribution in [1.29, 1.82) is 0 Å². The first-order chi connectivity index (χ1) is 12.5. The summed E-state index contributed by atoms with van der Waals surface area (Å²) >= 11 is 0. The molecule has 140 valence electrons. The quantitative estimate of drug-likeness (QED) is 0.896. The number of amides is 2. The zero-order valence-corrected chi connectivity index (χ0v) is 14.4. The van der Waals surface area contributed by atoms with E-state index in [0.717, 1.165) is 18.4 Å². The molecule has 1 N–H and O–H groups in total. The van der Waals surface area contributed by atoms with Gasteiger partial charge in [0.1, 0.15) is 6.61 Å². The molecule has 2 heterocycles. The fourth-order valence-electron chi connectivity index (χ4n) is 4.38. The fraction of sp³-hybridized carbons (Fsp3) is 0.579. The molecule has 7 heteroatoms. The number of benzene rings is 1. The highest BCUT2D eigenvalue weighted by Gasteiger charge is 2.53. The van der Waals surface area contributed by atoms with Gasteiger partial charge in [-0.15, -0.1) is 0 Å². The van der Waals surface area contributed by atoms with Gasteiger partial charge in [0.05, 0.1) is 5.54 Å². The largest absolute Gasteiger partial charge is 0.447 e. The van der Waals surface area contributed by atoms with Crippen molar-refractivity contribution in [3.05, 3.63) is 35.4 Å². The number of piperidine rings is 1. The monoisotopic (exact) mass is 364 g/mol. The molecule has 2 saturated heterocycles. The van der Waals surface area contributed by atoms with Gasteiger partial charge in [-0.25, -0.2) is 13.6 Å². The maximum Gasteiger partial charge on any atom is 0.407 e. The number of halogens is 2. The maximum atomic E-state index is 12.7. The minimum Gasteiger partial charge on any atom is -0.447 e. The average molecular weight is 364 g/mol. The number of carbonyl (C=O) groups excluding carboxylic acids is 2. The number of nitrogens with one attached hydrogen (secondary N) is 1. The lowest BCUT2D eigenvalue weighted by molar-refractivity contribution is -0.142. The third-order valence-corrected chi connectivity index (χ3v) is 5.94. The molecule has 26 heavy (non-hydrogen) atoms. The molecule has 0 unspecified atom stereocenters. The van der Waals surface area contributed by atoms with Crippen molar-refractivity contribution in [2.45, 2.75) is 43.6 Å². The van der Waals surface area contributed by atoms with Gasteiger partial charge in [-0.05, 0) is 37.2 Å². The molecule has 0 atom stereocenters.